The molecule has 1 atom stereocenters. The first-order valence-corrected chi connectivity index (χ1v) is 9.35. The fourth-order valence-electron chi connectivity index (χ4n) is 3.49. The Morgan fingerprint density at radius 2 is 1.55 bits per heavy atom. The monoisotopic (exact) mass is 393 g/mol. The van der Waals surface area contributed by atoms with Crippen LogP contribution in [0.5, 0.6) is 0 Å². The number of imide groups is 1. The van der Waals surface area contributed by atoms with Gasteiger partial charge in [-0.15, -0.1) is 0 Å². The van der Waals surface area contributed by atoms with Crippen LogP contribution in [0.4, 0.5) is 10.5 Å². The number of carbonyl (C=O) groups excluding carboxylic acids is 4. The maximum Gasteiger partial charge on any atom is 0.338 e. The molecule has 2 aromatic rings. The second-order valence-electron chi connectivity index (χ2n) is 6.94. The molecule has 4 rings (SSSR count). The zero-order valence-electron chi connectivity index (χ0n) is 15.5. The number of nitrogens with one attached hydrogen (secondary N) is 1. The van der Waals surface area contributed by atoms with E-state index in [0.717, 1.165) is 0 Å². The molecule has 0 saturated carbocycles. The van der Waals surface area contributed by atoms with Gasteiger partial charge in [0.1, 0.15) is 0 Å². The van der Waals surface area contributed by atoms with E-state index < -0.39 is 23.7 Å². The van der Waals surface area contributed by atoms with Gasteiger partial charge < -0.3 is 15.1 Å². The van der Waals surface area contributed by atoms with Crippen molar-refractivity contribution in [1.82, 2.24) is 9.96 Å². The summed E-state index contributed by atoms with van der Waals surface area (Å²) in [6.45, 7) is 0.663. The quantitative estimate of drug-likeness (QED) is 0.809. The maximum atomic E-state index is 12.6. The lowest BCUT2D eigenvalue weighted by Crippen LogP contribution is -2.46. The van der Waals surface area contributed by atoms with Gasteiger partial charge in [0.15, 0.2) is 0 Å². The summed E-state index contributed by atoms with van der Waals surface area (Å²) in [5.74, 6) is -2.63. The van der Waals surface area contributed by atoms with Crippen molar-refractivity contribution in [1.29, 1.82) is 0 Å². The number of amides is 4. The number of carbonyl (C=O) groups is 4. The molecule has 0 bridgehead atoms. The molecule has 148 valence electrons. The number of hydrogen-bond acceptors (Lipinski definition) is 5. The van der Waals surface area contributed by atoms with Crippen molar-refractivity contribution in [3.63, 3.8) is 0 Å². The van der Waals surface area contributed by atoms with Gasteiger partial charge in [-0.05, 0) is 37.1 Å². The lowest BCUT2D eigenvalue weighted by atomic mass is 9.98. The van der Waals surface area contributed by atoms with Crippen LogP contribution in [-0.4, -0.2) is 46.9 Å². The van der Waals surface area contributed by atoms with Crippen molar-refractivity contribution in [2.24, 2.45) is 5.92 Å². The summed E-state index contributed by atoms with van der Waals surface area (Å²) in [7, 11) is 0. The summed E-state index contributed by atoms with van der Waals surface area (Å²) in [5.41, 5.74) is 1.07. The third-order valence-corrected chi connectivity index (χ3v) is 5.01. The fourth-order valence-corrected chi connectivity index (χ4v) is 3.49. The molecular formula is C21H19N3O5. The van der Waals surface area contributed by atoms with E-state index >= 15 is 0 Å². The lowest BCUT2D eigenvalue weighted by Gasteiger charge is -2.31. The molecule has 8 nitrogen and oxygen atoms in total. The first-order valence-electron chi connectivity index (χ1n) is 9.35. The van der Waals surface area contributed by atoms with Gasteiger partial charge in [0.05, 0.1) is 17.0 Å². The van der Waals surface area contributed by atoms with Crippen LogP contribution < -0.4 is 5.32 Å². The Labute approximate surface area is 167 Å². The van der Waals surface area contributed by atoms with E-state index in [1.807, 2.05) is 18.2 Å². The van der Waals surface area contributed by atoms with E-state index in [1.165, 1.54) is 17.0 Å². The van der Waals surface area contributed by atoms with E-state index in [0.29, 0.717) is 30.1 Å². The molecule has 2 aliphatic heterocycles. The Morgan fingerprint density at radius 3 is 2.21 bits per heavy atom. The van der Waals surface area contributed by atoms with E-state index in [4.69, 9.17) is 4.84 Å². The second kappa shape index (κ2) is 7.75. The Morgan fingerprint density at radius 1 is 0.931 bits per heavy atom. The first-order chi connectivity index (χ1) is 14.0. The van der Waals surface area contributed by atoms with E-state index in [2.05, 4.69) is 5.32 Å². The summed E-state index contributed by atoms with van der Waals surface area (Å²) >= 11 is 0. The van der Waals surface area contributed by atoms with Crippen LogP contribution in [0, 0.1) is 5.92 Å². The van der Waals surface area contributed by atoms with Crippen LogP contribution in [0.2, 0.25) is 0 Å². The van der Waals surface area contributed by atoms with Gasteiger partial charge in [-0.2, -0.15) is 0 Å². The minimum Gasteiger partial charge on any atom is -0.329 e. The highest BCUT2D eigenvalue weighted by Crippen LogP contribution is 2.25. The average molecular weight is 393 g/mol. The molecule has 0 aromatic heterocycles. The van der Waals surface area contributed by atoms with Crippen LogP contribution in [0.1, 0.15) is 33.6 Å². The minimum atomic E-state index is -0.697. The molecular weight excluding hydrogens is 374 g/mol. The highest BCUT2D eigenvalue weighted by molar-refractivity contribution is 6.20. The highest BCUT2D eigenvalue weighted by atomic mass is 16.7. The molecule has 4 amide bonds. The SMILES string of the molecule is O=C(ON1C(=O)c2ccccc2C1=O)C1CCCN(C(=O)Nc2ccccc2)C1. The number of benzene rings is 2. The van der Waals surface area contributed by atoms with Crippen LogP contribution >= 0.6 is 0 Å². The number of hydroxylamine groups is 2. The van der Waals surface area contributed by atoms with Crippen molar-refractivity contribution < 1.29 is 24.0 Å². The van der Waals surface area contributed by atoms with Crippen molar-refractivity contribution in [2.75, 3.05) is 18.4 Å². The van der Waals surface area contributed by atoms with Gasteiger partial charge in [-0.3, -0.25) is 9.59 Å². The number of nitrogens with zero attached hydrogens (tertiary/aromatic N) is 2. The van der Waals surface area contributed by atoms with Crippen molar-refractivity contribution in [2.45, 2.75) is 12.8 Å². The molecule has 2 heterocycles. The van der Waals surface area contributed by atoms with Crippen molar-refractivity contribution in [3.05, 3.63) is 65.7 Å². The van der Waals surface area contributed by atoms with Gasteiger partial charge in [-0.25, -0.2) is 9.59 Å². The molecule has 1 saturated heterocycles. The minimum absolute atomic E-state index is 0.153. The molecule has 2 aromatic carbocycles. The molecule has 29 heavy (non-hydrogen) atoms. The van der Waals surface area contributed by atoms with E-state index in [1.54, 1.807) is 24.3 Å². The summed E-state index contributed by atoms with van der Waals surface area (Å²) in [4.78, 5) is 56.5. The Hall–Kier alpha value is -3.68. The summed E-state index contributed by atoms with van der Waals surface area (Å²) in [6.07, 6.45) is 1.13. The van der Waals surface area contributed by atoms with Crippen LogP contribution in [0.25, 0.3) is 0 Å². The number of urea groups is 1. The molecule has 2 aliphatic rings. The Kier molecular flexibility index (Phi) is 4.99. The first kappa shape index (κ1) is 18.7. The lowest BCUT2D eigenvalue weighted by molar-refractivity contribution is -0.175. The normalized spacial score (nSPS) is 18.4. The molecule has 0 radical (unpaired) electrons. The number of likely N-dealkylation sites (tertiary alicyclic amines) is 1. The zero-order chi connectivity index (χ0) is 20.4. The largest absolute Gasteiger partial charge is 0.338 e. The fraction of sp³-hybridized carbons (Fsp3) is 0.238. The van der Waals surface area contributed by atoms with Gasteiger partial charge in [0.2, 0.25) is 0 Å². The predicted molar refractivity (Wildman–Crippen MR) is 103 cm³/mol. The predicted octanol–water partition coefficient (Wildman–Crippen LogP) is 2.68. The summed E-state index contributed by atoms with van der Waals surface area (Å²) < 4.78 is 0. The van der Waals surface area contributed by atoms with E-state index in [9.17, 15) is 19.2 Å². The number of anilines is 1. The molecule has 1 N–H and O–H groups in total. The molecule has 0 aliphatic carbocycles. The molecule has 1 fully saturated rings. The van der Waals surface area contributed by atoms with Gasteiger partial charge in [0.25, 0.3) is 11.8 Å². The third kappa shape index (κ3) is 3.69. The number of fused-ring (bicyclic) bond motifs is 1. The van der Waals surface area contributed by atoms with Gasteiger partial charge in [0, 0.05) is 18.8 Å². The van der Waals surface area contributed by atoms with Gasteiger partial charge in [-0.1, -0.05) is 35.4 Å². The number of hydrogen-bond donors (Lipinski definition) is 1. The summed E-state index contributed by atoms with van der Waals surface area (Å²) in [6, 6.07) is 15.0. The van der Waals surface area contributed by atoms with Crippen molar-refractivity contribution in [3.8, 4) is 0 Å². The number of piperidine rings is 1. The van der Waals surface area contributed by atoms with Gasteiger partial charge >= 0.3 is 12.0 Å². The zero-order valence-corrected chi connectivity index (χ0v) is 15.5. The number of rotatable bonds is 3. The van der Waals surface area contributed by atoms with E-state index in [-0.39, 0.29) is 23.7 Å². The number of para-hydroxylation sites is 1. The Balaban J connectivity index is 1.39. The molecule has 1 unspecified atom stereocenters. The second-order valence-corrected chi connectivity index (χ2v) is 6.94. The smallest absolute Gasteiger partial charge is 0.329 e. The van der Waals surface area contributed by atoms with Crippen LogP contribution in [0.3, 0.4) is 0 Å². The summed E-state index contributed by atoms with van der Waals surface area (Å²) in [5, 5.41) is 3.30. The van der Waals surface area contributed by atoms with Crippen molar-refractivity contribution >= 4 is 29.5 Å². The molecule has 0 spiro atoms. The standard InChI is InChI=1S/C21H19N3O5/c25-18-16-10-4-5-11-17(16)19(26)24(18)29-20(27)14-7-6-12-23(13-14)21(28)22-15-8-2-1-3-9-15/h1-5,8-11,14H,6-7,12-13H2,(H,22,28). The average Bonchev–Trinajstić information content (AvgIpc) is 2.99. The highest BCUT2D eigenvalue weighted by Gasteiger charge is 2.40. The maximum absolute atomic E-state index is 12.6. The topological polar surface area (TPSA) is 96.0 Å². The molecule has 8 heteroatoms. The Bertz CT molecular complexity index is 940. The van der Waals surface area contributed by atoms with Crippen LogP contribution in [-0.2, 0) is 9.63 Å². The third-order valence-electron chi connectivity index (χ3n) is 5.01. The van der Waals surface area contributed by atoms with Crippen LogP contribution in [0.15, 0.2) is 54.6 Å².